The molecular formula is C12H15F2N3O. The van der Waals surface area contributed by atoms with E-state index in [1.54, 1.807) is 0 Å². The summed E-state index contributed by atoms with van der Waals surface area (Å²) in [6, 6.07) is 6.96. The number of nitrogens with zero attached hydrogens (tertiary/aromatic N) is 1. The smallest absolute Gasteiger partial charge is 0.255 e. The highest BCUT2D eigenvalue weighted by Crippen LogP contribution is 2.25. The molecule has 0 saturated heterocycles. The summed E-state index contributed by atoms with van der Waals surface area (Å²) in [5, 5.41) is 6.16. The third-order valence-electron chi connectivity index (χ3n) is 2.84. The van der Waals surface area contributed by atoms with Gasteiger partial charge in [-0.3, -0.25) is 4.79 Å². The Balaban J connectivity index is 2.02. The molecule has 1 atom stereocenters. The third-order valence-corrected chi connectivity index (χ3v) is 2.84. The number of anilines is 2. The lowest BCUT2D eigenvalue weighted by Crippen LogP contribution is -2.47. The maximum absolute atomic E-state index is 12.2. The minimum absolute atomic E-state index is 0.336. The van der Waals surface area contributed by atoms with Crippen LogP contribution in [0.2, 0.25) is 0 Å². The Morgan fingerprint density at radius 3 is 2.78 bits per heavy atom. The van der Waals surface area contributed by atoms with Crippen molar-refractivity contribution < 1.29 is 13.6 Å². The highest BCUT2D eigenvalue weighted by Gasteiger charge is 2.27. The lowest BCUT2D eigenvalue weighted by Gasteiger charge is -2.30. The van der Waals surface area contributed by atoms with Crippen molar-refractivity contribution in [3.63, 3.8) is 0 Å². The van der Waals surface area contributed by atoms with Gasteiger partial charge in [0.25, 0.3) is 6.43 Å². The number of halogens is 2. The second kappa shape index (κ2) is 5.20. The predicted octanol–water partition coefficient (Wildman–Crippen LogP) is 1.62. The summed E-state index contributed by atoms with van der Waals surface area (Å²) in [4.78, 5) is 13.0. The molecule has 2 rings (SSSR count). The molecule has 0 fully saturated rings. The number of para-hydroxylation sites is 2. The van der Waals surface area contributed by atoms with Crippen LogP contribution in [-0.4, -0.2) is 43.4 Å². The van der Waals surface area contributed by atoms with Gasteiger partial charge in [0.1, 0.15) is 6.04 Å². The van der Waals surface area contributed by atoms with Gasteiger partial charge in [-0.2, -0.15) is 0 Å². The summed E-state index contributed by atoms with van der Waals surface area (Å²) < 4.78 is 24.4. The number of hydrogen-bond acceptors (Lipinski definition) is 3. The Hall–Kier alpha value is -1.85. The number of alkyl halides is 2. The molecule has 1 unspecified atom stereocenters. The van der Waals surface area contributed by atoms with Crippen LogP contribution in [0.4, 0.5) is 20.2 Å². The fraction of sp³-hybridized carbons (Fsp3) is 0.417. The number of hydrogen-bond donors (Lipinski definition) is 2. The molecule has 98 valence electrons. The van der Waals surface area contributed by atoms with Crippen LogP contribution in [0.1, 0.15) is 0 Å². The van der Waals surface area contributed by atoms with Crippen LogP contribution in [-0.2, 0) is 4.79 Å². The summed E-state index contributed by atoms with van der Waals surface area (Å²) in [6.07, 6.45) is -2.51. The van der Waals surface area contributed by atoms with Crippen LogP contribution in [0.15, 0.2) is 24.3 Å². The van der Waals surface area contributed by atoms with E-state index >= 15 is 0 Å². The molecular weight excluding hydrogens is 240 g/mol. The van der Waals surface area contributed by atoms with Crippen molar-refractivity contribution in [3.8, 4) is 0 Å². The lowest BCUT2D eigenvalue weighted by atomic mass is 10.1. The molecule has 1 aromatic carbocycles. The number of carbonyl (C=O) groups excluding carboxylic acids is 1. The van der Waals surface area contributed by atoms with Gasteiger partial charge < -0.3 is 15.5 Å². The molecule has 0 aromatic heterocycles. The first kappa shape index (κ1) is 12.6. The van der Waals surface area contributed by atoms with Crippen LogP contribution < -0.4 is 10.6 Å². The van der Waals surface area contributed by atoms with Gasteiger partial charge in [0.2, 0.25) is 5.91 Å². The average molecular weight is 255 g/mol. The number of carbonyl (C=O) groups is 1. The van der Waals surface area contributed by atoms with Crippen molar-refractivity contribution in [1.82, 2.24) is 4.90 Å². The van der Waals surface area contributed by atoms with E-state index in [1.807, 2.05) is 24.3 Å². The van der Waals surface area contributed by atoms with Crippen LogP contribution in [0.5, 0.6) is 0 Å². The number of nitrogens with one attached hydrogen (secondary N) is 2. The first-order chi connectivity index (χ1) is 8.58. The maximum Gasteiger partial charge on any atom is 0.255 e. The highest BCUT2D eigenvalue weighted by atomic mass is 19.3. The van der Waals surface area contributed by atoms with Gasteiger partial charge in [0.05, 0.1) is 17.9 Å². The number of benzene rings is 1. The first-order valence-corrected chi connectivity index (χ1v) is 5.70. The molecule has 1 amide bonds. The maximum atomic E-state index is 12.2. The Morgan fingerprint density at radius 1 is 1.44 bits per heavy atom. The molecule has 0 bridgehead atoms. The lowest BCUT2D eigenvalue weighted by molar-refractivity contribution is -0.132. The molecule has 1 aliphatic rings. The molecule has 0 radical (unpaired) electrons. The zero-order valence-corrected chi connectivity index (χ0v) is 9.99. The largest absolute Gasteiger partial charge is 0.381 e. The molecule has 0 spiro atoms. The summed E-state index contributed by atoms with van der Waals surface area (Å²) in [6.45, 7) is -0.151. The van der Waals surface area contributed by atoms with Gasteiger partial charge in [-0.1, -0.05) is 12.1 Å². The monoisotopic (exact) mass is 255 g/mol. The van der Waals surface area contributed by atoms with Crippen molar-refractivity contribution in [3.05, 3.63) is 24.3 Å². The van der Waals surface area contributed by atoms with E-state index in [-0.39, 0.29) is 5.91 Å². The third kappa shape index (κ3) is 2.69. The van der Waals surface area contributed by atoms with Crippen LogP contribution in [0, 0.1) is 0 Å². The van der Waals surface area contributed by atoms with Crippen molar-refractivity contribution in [2.45, 2.75) is 12.5 Å². The van der Waals surface area contributed by atoms with E-state index in [9.17, 15) is 13.6 Å². The quantitative estimate of drug-likeness (QED) is 0.862. The predicted molar refractivity (Wildman–Crippen MR) is 66.0 cm³/mol. The molecule has 0 saturated carbocycles. The summed E-state index contributed by atoms with van der Waals surface area (Å²) in [5.74, 6) is -0.336. The van der Waals surface area contributed by atoms with Gasteiger partial charge >= 0.3 is 0 Å². The van der Waals surface area contributed by atoms with Crippen molar-refractivity contribution >= 4 is 17.3 Å². The van der Waals surface area contributed by atoms with Crippen LogP contribution >= 0.6 is 0 Å². The SMILES string of the molecule is CN(CC(F)F)C(=O)C1CNc2ccccc2N1. The zero-order valence-electron chi connectivity index (χ0n) is 9.99. The second-order valence-electron chi connectivity index (χ2n) is 4.23. The van der Waals surface area contributed by atoms with Gasteiger partial charge in [-0.05, 0) is 12.1 Å². The van der Waals surface area contributed by atoms with E-state index in [4.69, 9.17) is 0 Å². The van der Waals surface area contributed by atoms with E-state index in [0.29, 0.717) is 6.54 Å². The average Bonchev–Trinajstić information content (AvgIpc) is 2.36. The zero-order chi connectivity index (χ0) is 13.1. The van der Waals surface area contributed by atoms with Crippen molar-refractivity contribution in [2.24, 2.45) is 0 Å². The Labute approximate surface area is 104 Å². The molecule has 0 aliphatic carbocycles. The number of rotatable bonds is 3. The minimum Gasteiger partial charge on any atom is -0.381 e. The van der Waals surface area contributed by atoms with Gasteiger partial charge in [0.15, 0.2) is 0 Å². The van der Waals surface area contributed by atoms with Gasteiger partial charge in [-0.25, -0.2) is 8.78 Å². The second-order valence-corrected chi connectivity index (χ2v) is 4.23. The van der Waals surface area contributed by atoms with E-state index in [2.05, 4.69) is 10.6 Å². The molecule has 6 heteroatoms. The summed E-state index contributed by atoms with van der Waals surface area (Å²) in [5.41, 5.74) is 1.73. The van der Waals surface area contributed by atoms with Crippen molar-refractivity contribution in [1.29, 1.82) is 0 Å². The van der Waals surface area contributed by atoms with E-state index < -0.39 is 19.0 Å². The Morgan fingerprint density at radius 2 is 2.11 bits per heavy atom. The molecule has 1 aromatic rings. The minimum atomic E-state index is -2.51. The summed E-state index contributed by atoms with van der Waals surface area (Å²) in [7, 11) is 1.39. The molecule has 1 heterocycles. The summed E-state index contributed by atoms with van der Waals surface area (Å²) >= 11 is 0. The normalized spacial score (nSPS) is 17.7. The fourth-order valence-electron chi connectivity index (χ4n) is 1.93. The molecule has 18 heavy (non-hydrogen) atoms. The molecule has 2 N–H and O–H groups in total. The molecule has 4 nitrogen and oxygen atoms in total. The number of likely N-dealkylation sites (N-methyl/N-ethyl adjacent to an activating group) is 1. The standard InChI is InChI=1S/C12H15F2N3O/c1-17(7-11(13)14)12(18)10-6-15-8-4-2-3-5-9(8)16-10/h2-5,10-11,15-16H,6-7H2,1H3. The number of amides is 1. The first-order valence-electron chi connectivity index (χ1n) is 5.70. The fourth-order valence-corrected chi connectivity index (χ4v) is 1.93. The van der Waals surface area contributed by atoms with E-state index in [1.165, 1.54) is 7.05 Å². The van der Waals surface area contributed by atoms with Crippen molar-refractivity contribution in [2.75, 3.05) is 30.8 Å². The van der Waals surface area contributed by atoms with Crippen LogP contribution in [0.25, 0.3) is 0 Å². The van der Waals surface area contributed by atoms with Crippen LogP contribution in [0.3, 0.4) is 0 Å². The topological polar surface area (TPSA) is 44.4 Å². The Kier molecular flexibility index (Phi) is 3.64. The highest BCUT2D eigenvalue weighted by molar-refractivity contribution is 5.88. The molecule has 1 aliphatic heterocycles. The van der Waals surface area contributed by atoms with E-state index in [0.717, 1.165) is 16.3 Å². The number of fused-ring (bicyclic) bond motifs is 1. The van der Waals surface area contributed by atoms with Gasteiger partial charge in [-0.15, -0.1) is 0 Å². The Bertz CT molecular complexity index is 439. The van der Waals surface area contributed by atoms with Gasteiger partial charge in [0, 0.05) is 13.6 Å².